The monoisotopic (exact) mass is 332 g/mol. The second kappa shape index (κ2) is 5.13. The molecular weight excluding hydrogens is 316 g/mol. The predicted octanol–water partition coefficient (Wildman–Crippen LogP) is 1.91. The highest BCUT2D eigenvalue weighted by Gasteiger charge is 2.34. The van der Waals surface area contributed by atoms with E-state index in [0.29, 0.717) is 23.9 Å². The average molecular weight is 332 g/mol. The van der Waals surface area contributed by atoms with Crippen LogP contribution in [0.5, 0.6) is 11.6 Å². The Hall–Kier alpha value is -2.28. The lowest BCUT2D eigenvalue weighted by Gasteiger charge is -2.30. The summed E-state index contributed by atoms with van der Waals surface area (Å²) >= 11 is 0. The van der Waals surface area contributed by atoms with Gasteiger partial charge in [-0.1, -0.05) is 12.1 Å². The number of sulfonamides is 1. The zero-order chi connectivity index (χ0) is 16.0. The maximum atomic E-state index is 13.2. The van der Waals surface area contributed by atoms with Gasteiger partial charge in [0.25, 0.3) is 10.0 Å². The maximum absolute atomic E-state index is 13.2. The van der Waals surface area contributed by atoms with Crippen LogP contribution in [0.2, 0.25) is 0 Å². The molecule has 0 saturated carbocycles. The van der Waals surface area contributed by atoms with Crippen LogP contribution in [0, 0.1) is 6.92 Å². The molecule has 0 N–H and O–H groups in total. The fourth-order valence-corrected chi connectivity index (χ4v) is 4.55. The zero-order valence-electron chi connectivity index (χ0n) is 12.7. The van der Waals surface area contributed by atoms with E-state index in [1.54, 1.807) is 24.4 Å². The van der Waals surface area contributed by atoms with E-state index in [-0.39, 0.29) is 18.0 Å². The fraction of sp³-hybridized carbons (Fsp3) is 0.312. The molecule has 0 amide bonds. The predicted molar refractivity (Wildman–Crippen MR) is 84.6 cm³/mol. The van der Waals surface area contributed by atoms with Crippen molar-refractivity contribution in [3.63, 3.8) is 0 Å². The van der Waals surface area contributed by atoms with Crippen molar-refractivity contribution < 1.29 is 17.9 Å². The van der Waals surface area contributed by atoms with E-state index in [2.05, 4.69) is 4.98 Å². The quantitative estimate of drug-likeness (QED) is 0.840. The van der Waals surface area contributed by atoms with Crippen molar-refractivity contribution >= 4 is 15.7 Å². The Morgan fingerprint density at radius 3 is 2.96 bits per heavy atom. The summed E-state index contributed by atoms with van der Waals surface area (Å²) in [5.74, 6) is 0.820. The Labute approximate surface area is 134 Å². The molecule has 0 spiro atoms. The molecule has 2 aromatic rings. The number of hydrogen-bond donors (Lipinski definition) is 0. The van der Waals surface area contributed by atoms with Crippen molar-refractivity contribution in [3.05, 3.63) is 41.6 Å². The normalized spacial score (nSPS) is 16.3. The van der Waals surface area contributed by atoms with E-state index in [4.69, 9.17) is 9.47 Å². The molecule has 0 unspecified atom stereocenters. The second-order valence-corrected chi connectivity index (χ2v) is 7.44. The van der Waals surface area contributed by atoms with Gasteiger partial charge < -0.3 is 9.47 Å². The van der Waals surface area contributed by atoms with Crippen LogP contribution in [-0.4, -0.2) is 33.2 Å². The Morgan fingerprint density at radius 1 is 1.22 bits per heavy atom. The van der Waals surface area contributed by atoms with Crippen LogP contribution >= 0.6 is 0 Å². The van der Waals surface area contributed by atoms with Gasteiger partial charge in [-0.15, -0.1) is 0 Å². The summed E-state index contributed by atoms with van der Waals surface area (Å²) in [6.45, 7) is 2.92. The molecule has 2 aliphatic rings. The Morgan fingerprint density at radius 2 is 2.09 bits per heavy atom. The number of fused-ring (bicyclic) bond motifs is 2. The molecule has 0 aliphatic carbocycles. The fourth-order valence-electron chi connectivity index (χ4n) is 2.93. The highest BCUT2D eigenvalue weighted by Crippen LogP contribution is 2.39. The topological polar surface area (TPSA) is 68.7 Å². The SMILES string of the molecule is Cc1cnc2c(c1)N(S(=O)(=O)c1cccc3c1OCC3)CCO2. The minimum atomic E-state index is -3.73. The van der Waals surface area contributed by atoms with Gasteiger partial charge >= 0.3 is 0 Å². The van der Waals surface area contributed by atoms with E-state index in [1.165, 1.54) is 4.31 Å². The van der Waals surface area contributed by atoms with Crippen LogP contribution in [0.25, 0.3) is 0 Å². The van der Waals surface area contributed by atoms with Gasteiger partial charge in [-0.2, -0.15) is 0 Å². The first-order valence-corrected chi connectivity index (χ1v) is 8.88. The number of ether oxygens (including phenoxy) is 2. The van der Waals surface area contributed by atoms with Gasteiger partial charge in [0, 0.05) is 12.6 Å². The van der Waals surface area contributed by atoms with Gasteiger partial charge in [0.15, 0.2) is 0 Å². The molecular formula is C16H16N2O4S. The van der Waals surface area contributed by atoms with Crippen LogP contribution < -0.4 is 13.8 Å². The molecule has 0 saturated heterocycles. The average Bonchev–Trinajstić information content (AvgIpc) is 3.02. The third-order valence-corrected chi connectivity index (χ3v) is 5.85. The molecule has 0 bridgehead atoms. The molecule has 2 aliphatic heterocycles. The van der Waals surface area contributed by atoms with Gasteiger partial charge in [-0.3, -0.25) is 4.31 Å². The van der Waals surface area contributed by atoms with Gasteiger partial charge in [-0.25, -0.2) is 13.4 Å². The number of aromatic nitrogens is 1. The van der Waals surface area contributed by atoms with E-state index in [0.717, 1.165) is 17.5 Å². The standard InChI is InChI=1S/C16H16N2O4S/c1-11-9-13-16(17-10-11)22-8-6-18(13)23(19,20)14-4-2-3-12-5-7-21-15(12)14/h2-4,9-10H,5-8H2,1H3. The summed E-state index contributed by atoms with van der Waals surface area (Å²) in [7, 11) is -3.73. The molecule has 7 heteroatoms. The molecule has 6 nitrogen and oxygen atoms in total. The summed E-state index contributed by atoms with van der Waals surface area (Å²) in [4.78, 5) is 4.40. The molecule has 1 aromatic heterocycles. The van der Waals surface area contributed by atoms with Crippen LogP contribution in [0.15, 0.2) is 35.4 Å². The van der Waals surface area contributed by atoms with Crippen molar-refractivity contribution in [2.45, 2.75) is 18.2 Å². The third kappa shape index (κ3) is 2.23. The Bertz CT molecular complexity index is 880. The van der Waals surface area contributed by atoms with E-state index in [9.17, 15) is 8.42 Å². The number of aryl methyl sites for hydroxylation is 1. The van der Waals surface area contributed by atoms with E-state index in [1.807, 2.05) is 13.0 Å². The number of para-hydroxylation sites is 1. The maximum Gasteiger partial charge on any atom is 0.268 e. The van der Waals surface area contributed by atoms with E-state index < -0.39 is 10.0 Å². The number of hydrogen-bond acceptors (Lipinski definition) is 5. The minimum absolute atomic E-state index is 0.210. The molecule has 4 rings (SSSR count). The van der Waals surface area contributed by atoms with E-state index >= 15 is 0 Å². The van der Waals surface area contributed by atoms with Crippen LogP contribution in [0.1, 0.15) is 11.1 Å². The number of benzene rings is 1. The summed E-state index contributed by atoms with van der Waals surface area (Å²) in [6.07, 6.45) is 2.40. The van der Waals surface area contributed by atoms with Gasteiger partial charge in [0.05, 0.1) is 13.2 Å². The van der Waals surface area contributed by atoms with Gasteiger partial charge in [0.2, 0.25) is 5.88 Å². The Kier molecular flexibility index (Phi) is 3.19. The highest BCUT2D eigenvalue weighted by atomic mass is 32.2. The number of pyridine rings is 1. The number of nitrogens with zero attached hydrogens (tertiary/aromatic N) is 2. The molecule has 3 heterocycles. The lowest BCUT2D eigenvalue weighted by Crippen LogP contribution is -2.38. The summed E-state index contributed by atoms with van der Waals surface area (Å²) in [5, 5.41) is 0. The first-order valence-electron chi connectivity index (χ1n) is 7.44. The molecule has 0 radical (unpaired) electrons. The van der Waals surface area contributed by atoms with Crippen molar-refractivity contribution in [2.75, 3.05) is 24.1 Å². The van der Waals surface area contributed by atoms with Crippen molar-refractivity contribution in [1.82, 2.24) is 4.98 Å². The molecule has 120 valence electrons. The van der Waals surface area contributed by atoms with Crippen molar-refractivity contribution in [3.8, 4) is 11.6 Å². The molecule has 0 atom stereocenters. The zero-order valence-corrected chi connectivity index (χ0v) is 13.5. The lowest BCUT2D eigenvalue weighted by molar-refractivity contribution is 0.303. The highest BCUT2D eigenvalue weighted by molar-refractivity contribution is 7.93. The lowest BCUT2D eigenvalue weighted by atomic mass is 10.2. The first kappa shape index (κ1) is 14.3. The third-order valence-electron chi connectivity index (χ3n) is 4.02. The molecule has 23 heavy (non-hydrogen) atoms. The summed E-state index contributed by atoms with van der Waals surface area (Å²) in [5.41, 5.74) is 2.29. The number of anilines is 1. The summed E-state index contributed by atoms with van der Waals surface area (Å²) < 4.78 is 38.8. The van der Waals surface area contributed by atoms with Crippen LogP contribution in [0.4, 0.5) is 5.69 Å². The largest absolute Gasteiger partial charge is 0.492 e. The molecule has 1 aromatic carbocycles. The minimum Gasteiger partial charge on any atom is -0.492 e. The van der Waals surface area contributed by atoms with Gasteiger partial charge in [0.1, 0.15) is 22.9 Å². The smallest absolute Gasteiger partial charge is 0.268 e. The van der Waals surface area contributed by atoms with Crippen molar-refractivity contribution in [1.29, 1.82) is 0 Å². The van der Waals surface area contributed by atoms with Crippen LogP contribution in [-0.2, 0) is 16.4 Å². The molecule has 0 fully saturated rings. The summed E-state index contributed by atoms with van der Waals surface area (Å²) in [6, 6.07) is 7.04. The second-order valence-electron chi connectivity index (χ2n) is 5.61. The van der Waals surface area contributed by atoms with Crippen LogP contribution in [0.3, 0.4) is 0 Å². The van der Waals surface area contributed by atoms with Crippen molar-refractivity contribution in [2.24, 2.45) is 0 Å². The van der Waals surface area contributed by atoms with Gasteiger partial charge in [-0.05, 0) is 30.2 Å². The Balaban J connectivity index is 1.86. The first-order chi connectivity index (χ1) is 11.1. The number of rotatable bonds is 2.